The number of aromatic nitrogens is 1. The number of carbonyl (C=O) groups is 3. The molecule has 3 unspecified atom stereocenters. The first-order valence-electron chi connectivity index (χ1n) is 11.1. The number of rotatable bonds is 5. The van der Waals surface area contributed by atoms with E-state index in [1.165, 1.54) is 11.0 Å². The van der Waals surface area contributed by atoms with Crippen molar-refractivity contribution in [2.75, 3.05) is 18.5 Å². The molecule has 3 atom stereocenters. The summed E-state index contributed by atoms with van der Waals surface area (Å²) in [5.41, 5.74) is 4.50. The largest absolute Gasteiger partial charge is 0.481 e. The second-order valence-corrected chi connectivity index (χ2v) is 8.91. The first-order valence-corrected chi connectivity index (χ1v) is 11.1. The summed E-state index contributed by atoms with van der Waals surface area (Å²) in [6.45, 7) is 0.537. The molecular formula is C25H21N3O6. The molecule has 1 aromatic heterocycles. The van der Waals surface area contributed by atoms with Crippen LogP contribution in [0, 0.1) is 11.8 Å². The van der Waals surface area contributed by atoms with E-state index in [4.69, 9.17) is 9.26 Å². The predicted octanol–water partition coefficient (Wildman–Crippen LogP) is 3.58. The van der Waals surface area contributed by atoms with Gasteiger partial charge in [0.05, 0.1) is 5.92 Å². The van der Waals surface area contributed by atoms with Gasteiger partial charge in [-0.3, -0.25) is 14.9 Å². The van der Waals surface area contributed by atoms with Crippen molar-refractivity contribution in [2.24, 2.45) is 11.8 Å². The number of ether oxygens (including phenoxy) is 1. The topological polar surface area (TPSA) is 122 Å². The van der Waals surface area contributed by atoms with Crippen LogP contribution in [0.4, 0.5) is 10.7 Å². The van der Waals surface area contributed by atoms with Gasteiger partial charge in [-0.2, -0.15) is 0 Å². The highest BCUT2D eigenvalue weighted by Gasteiger charge is 2.57. The van der Waals surface area contributed by atoms with Crippen molar-refractivity contribution in [3.05, 3.63) is 71.4 Å². The van der Waals surface area contributed by atoms with E-state index in [9.17, 15) is 19.5 Å². The van der Waals surface area contributed by atoms with E-state index in [-0.39, 0.29) is 36.1 Å². The van der Waals surface area contributed by atoms with Gasteiger partial charge in [-0.15, -0.1) is 0 Å². The van der Waals surface area contributed by atoms with Gasteiger partial charge >= 0.3 is 12.1 Å². The van der Waals surface area contributed by atoms with Gasteiger partial charge in [-0.05, 0) is 34.6 Å². The van der Waals surface area contributed by atoms with Gasteiger partial charge in [0.25, 0.3) is 5.91 Å². The van der Waals surface area contributed by atoms with Crippen molar-refractivity contribution < 1.29 is 28.8 Å². The van der Waals surface area contributed by atoms with Crippen molar-refractivity contribution in [3.8, 4) is 11.1 Å². The maximum Gasteiger partial charge on any atom is 0.414 e. The van der Waals surface area contributed by atoms with Crippen LogP contribution in [0.3, 0.4) is 0 Å². The Morgan fingerprint density at radius 2 is 1.76 bits per heavy atom. The minimum absolute atomic E-state index is 0.0121. The van der Waals surface area contributed by atoms with Crippen molar-refractivity contribution >= 4 is 23.9 Å². The number of anilines is 1. The third-order valence-corrected chi connectivity index (χ3v) is 7.14. The molecule has 0 spiro atoms. The number of nitrogens with zero attached hydrogens (tertiary/aromatic N) is 2. The Morgan fingerprint density at radius 3 is 2.41 bits per heavy atom. The minimum Gasteiger partial charge on any atom is -0.481 e. The highest BCUT2D eigenvalue weighted by atomic mass is 16.6. The number of carbonyl (C=O) groups excluding carboxylic acids is 2. The van der Waals surface area contributed by atoms with Crippen molar-refractivity contribution in [2.45, 2.75) is 18.4 Å². The van der Waals surface area contributed by atoms with Crippen LogP contribution in [0.5, 0.6) is 0 Å². The second-order valence-electron chi connectivity index (χ2n) is 8.91. The molecule has 3 heterocycles. The van der Waals surface area contributed by atoms with Crippen LogP contribution in [0.2, 0.25) is 0 Å². The van der Waals surface area contributed by atoms with E-state index in [1.54, 1.807) is 0 Å². The molecule has 2 aliphatic carbocycles. The third-order valence-electron chi connectivity index (χ3n) is 7.14. The lowest BCUT2D eigenvalue weighted by atomic mass is 9.74. The Bertz CT molecular complexity index is 1270. The molecule has 9 nitrogen and oxygen atoms in total. The maximum absolute atomic E-state index is 12.8. The number of benzene rings is 2. The van der Waals surface area contributed by atoms with Crippen LogP contribution in [0.1, 0.15) is 34.0 Å². The Balaban J connectivity index is 1.09. The Labute approximate surface area is 194 Å². The van der Waals surface area contributed by atoms with Gasteiger partial charge < -0.3 is 19.3 Å². The van der Waals surface area contributed by atoms with Gasteiger partial charge in [-0.1, -0.05) is 53.7 Å². The molecule has 34 heavy (non-hydrogen) atoms. The lowest BCUT2D eigenvalue weighted by Crippen LogP contribution is -2.45. The van der Waals surface area contributed by atoms with E-state index in [1.807, 2.05) is 36.4 Å². The molecule has 0 radical (unpaired) electrons. The van der Waals surface area contributed by atoms with Gasteiger partial charge in [0.15, 0.2) is 5.69 Å². The summed E-state index contributed by atoms with van der Waals surface area (Å²) < 4.78 is 10.6. The minimum atomic E-state index is -0.880. The highest BCUT2D eigenvalue weighted by molar-refractivity contribution is 5.95. The molecule has 3 aromatic rings. The predicted molar refractivity (Wildman–Crippen MR) is 119 cm³/mol. The number of carboxylic acid groups (broad SMARTS) is 1. The molecule has 2 bridgehead atoms. The van der Waals surface area contributed by atoms with E-state index >= 15 is 0 Å². The van der Waals surface area contributed by atoms with Gasteiger partial charge in [-0.25, -0.2) is 4.79 Å². The highest BCUT2D eigenvalue weighted by Crippen LogP contribution is 2.47. The maximum atomic E-state index is 12.8. The molecule has 2 aromatic carbocycles. The van der Waals surface area contributed by atoms with E-state index in [0.29, 0.717) is 13.0 Å². The van der Waals surface area contributed by atoms with Crippen molar-refractivity contribution in [1.82, 2.24) is 10.1 Å². The van der Waals surface area contributed by atoms with E-state index in [0.717, 1.165) is 22.3 Å². The summed E-state index contributed by atoms with van der Waals surface area (Å²) in [5.74, 6) is -1.91. The van der Waals surface area contributed by atoms with Crippen molar-refractivity contribution in [3.63, 3.8) is 0 Å². The van der Waals surface area contributed by atoms with E-state index < -0.39 is 23.9 Å². The first-order chi connectivity index (χ1) is 16.5. The Morgan fingerprint density at radius 1 is 1.09 bits per heavy atom. The summed E-state index contributed by atoms with van der Waals surface area (Å²) >= 11 is 0. The Kier molecular flexibility index (Phi) is 4.65. The van der Waals surface area contributed by atoms with Gasteiger partial charge in [0, 0.05) is 24.6 Å². The zero-order valence-electron chi connectivity index (χ0n) is 18.0. The standard InChI is InChI=1S/C25H21N3O6/c29-23(28-11-13-9-20(28)22(13)24(30)31)19-10-21(34-27-19)26-25(32)33-12-18-16-7-3-1-5-14(16)15-6-2-4-8-17(15)18/h1-8,10,13,18,20,22H,9,11-12H2,(H,26,32)(H,30,31). The fourth-order valence-corrected chi connectivity index (χ4v) is 5.54. The average molecular weight is 459 g/mol. The molecule has 2 aliphatic heterocycles. The molecule has 2 saturated heterocycles. The molecule has 2 N–H and O–H groups in total. The van der Waals surface area contributed by atoms with Crippen LogP contribution in [-0.2, 0) is 9.53 Å². The monoisotopic (exact) mass is 459 g/mol. The quantitative estimate of drug-likeness (QED) is 0.598. The Hall–Kier alpha value is -4.14. The van der Waals surface area contributed by atoms with Crippen molar-refractivity contribution in [1.29, 1.82) is 0 Å². The fourth-order valence-electron chi connectivity index (χ4n) is 5.54. The SMILES string of the molecule is O=C(Nc1cc(C(=O)N2CC3CC2C3C(=O)O)no1)OCC1c2ccccc2-c2ccccc21. The molecule has 7 rings (SSSR count). The fraction of sp³-hybridized carbons (Fsp3) is 0.280. The number of amides is 2. The van der Waals surface area contributed by atoms with Gasteiger partial charge in [0.1, 0.15) is 6.61 Å². The zero-order valence-corrected chi connectivity index (χ0v) is 18.0. The van der Waals surface area contributed by atoms with Crippen LogP contribution >= 0.6 is 0 Å². The van der Waals surface area contributed by atoms with Crippen LogP contribution in [-0.4, -0.2) is 52.3 Å². The molecule has 4 aliphatic rings. The number of fused-ring (bicyclic) bond motifs is 4. The molecular weight excluding hydrogens is 438 g/mol. The van der Waals surface area contributed by atoms with E-state index in [2.05, 4.69) is 22.6 Å². The molecule has 3 fully saturated rings. The van der Waals surface area contributed by atoms with Crippen LogP contribution in [0.15, 0.2) is 59.1 Å². The summed E-state index contributed by atoms with van der Waals surface area (Å²) in [6, 6.07) is 17.1. The molecule has 1 saturated carbocycles. The number of aliphatic carboxylic acids is 1. The number of hydrogen-bond acceptors (Lipinski definition) is 6. The summed E-state index contributed by atoms with van der Waals surface area (Å²) in [7, 11) is 0. The van der Waals surface area contributed by atoms with Crippen LogP contribution in [0.25, 0.3) is 11.1 Å². The van der Waals surface area contributed by atoms with Gasteiger partial charge in [0.2, 0.25) is 5.88 Å². The summed E-state index contributed by atoms with van der Waals surface area (Å²) in [6.07, 6.45) is -0.0304. The summed E-state index contributed by atoms with van der Waals surface area (Å²) in [4.78, 5) is 38.0. The smallest absolute Gasteiger partial charge is 0.414 e. The third kappa shape index (κ3) is 3.15. The van der Waals surface area contributed by atoms with Crippen LogP contribution < -0.4 is 5.32 Å². The number of nitrogens with one attached hydrogen (secondary N) is 1. The molecule has 172 valence electrons. The summed E-state index contributed by atoms with van der Waals surface area (Å²) in [5, 5.41) is 15.5. The number of hydrogen-bond donors (Lipinski definition) is 2. The second kappa shape index (κ2) is 7.72. The lowest BCUT2D eigenvalue weighted by molar-refractivity contribution is -0.147. The zero-order chi connectivity index (χ0) is 23.4. The first kappa shape index (κ1) is 20.5. The molecule has 2 amide bonds. The normalized spacial score (nSPS) is 22.0. The average Bonchev–Trinajstić information content (AvgIpc) is 3.59. The molecule has 9 heteroatoms. The lowest BCUT2D eigenvalue weighted by Gasteiger charge is -2.32. The number of carboxylic acids is 1.